The van der Waals surface area contributed by atoms with Gasteiger partial charge in [-0.05, 0) is 55.5 Å². The summed E-state index contributed by atoms with van der Waals surface area (Å²) in [5.41, 5.74) is 1.49. The molecule has 2 aromatic carbocycles. The number of phenolic OH excluding ortho intramolecular Hbond substituents is 1. The number of thioether (sulfide) groups is 1. The molecule has 0 saturated carbocycles. The lowest BCUT2D eigenvalue weighted by Gasteiger charge is -2.08. The normalized spacial score (nSPS) is 17.1. The Balaban J connectivity index is 1.56. The van der Waals surface area contributed by atoms with Crippen molar-refractivity contribution < 1.29 is 24.2 Å². The Morgan fingerprint density at radius 2 is 1.86 bits per heavy atom. The van der Waals surface area contributed by atoms with E-state index in [-0.39, 0.29) is 30.6 Å². The summed E-state index contributed by atoms with van der Waals surface area (Å²) < 4.78 is 4.91. The Labute approximate surface area is 171 Å². The van der Waals surface area contributed by atoms with Crippen LogP contribution in [-0.4, -0.2) is 39.9 Å². The molecule has 1 atom stereocenters. The van der Waals surface area contributed by atoms with Gasteiger partial charge in [-0.2, -0.15) is 0 Å². The molecule has 0 radical (unpaired) electrons. The second kappa shape index (κ2) is 9.24. The van der Waals surface area contributed by atoms with Gasteiger partial charge in [-0.3, -0.25) is 9.59 Å². The van der Waals surface area contributed by atoms with Gasteiger partial charge in [0.15, 0.2) is 5.17 Å². The van der Waals surface area contributed by atoms with E-state index < -0.39 is 11.2 Å². The summed E-state index contributed by atoms with van der Waals surface area (Å²) in [5.74, 6) is -0.917. The summed E-state index contributed by atoms with van der Waals surface area (Å²) >= 11 is 1.17. The van der Waals surface area contributed by atoms with Gasteiger partial charge in [0.25, 0.3) is 0 Å². The zero-order valence-electron chi connectivity index (χ0n) is 15.5. The molecule has 0 spiro atoms. The highest BCUT2D eigenvalue weighted by molar-refractivity contribution is 8.15. The maximum absolute atomic E-state index is 12.3. The van der Waals surface area contributed by atoms with Crippen molar-refractivity contribution >= 4 is 46.1 Å². The van der Waals surface area contributed by atoms with E-state index in [1.165, 1.54) is 23.9 Å². The molecule has 1 heterocycles. The molecule has 0 aromatic heterocycles. The maximum atomic E-state index is 12.3. The number of hydrogen-bond donors (Lipinski definition) is 3. The highest BCUT2D eigenvalue weighted by Gasteiger charge is 2.32. The van der Waals surface area contributed by atoms with Crippen LogP contribution in [0.5, 0.6) is 5.75 Å². The number of carbonyl (C=O) groups excluding carboxylic acids is 3. The van der Waals surface area contributed by atoms with Gasteiger partial charge >= 0.3 is 5.97 Å². The molecule has 1 aliphatic rings. The van der Waals surface area contributed by atoms with E-state index in [0.717, 1.165) is 0 Å². The number of rotatable bonds is 6. The van der Waals surface area contributed by atoms with E-state index in [4.69, 9.17) is 4.74 Å². The summed E-state index contributed by atoms with van der Waals surface area (Å²) in [6.07, 6.45) is -0.0231. The SMILES string of the molecule is CCOC(=O)c1ccc(NC(=O)C[C@H]2SC(=Nc3ccc(O)cc3)NC2=O)cc1. The average Bonchev–Trinajstić information content (AvgIpc) is 3.03. The van der Waals surface area contributed by atoms with E-state index in [0.29, 0.717) is 22.1 Å². The Hall–Kier alpha value is -3.33. The van der Waals surface area contributed by atoms with Crippen LogP contribution < -0.4 is 10.6 Å². The number of amides is 2. The number of anilines is 1. The van der Waals surface area contributed by atoms with Crippen molar-refractivity contribution in [2.45, 2.75) is 18.6 Å². The third-order valence-electron chi connectivity index (χ3n) is 3.91. The van der Waals surface area contributed by atoms with Crippen molar-refractivity contribution in [3.8, 4) is 5.75 Å². The average molecular weight is 413 g/mol. The van der Waals surface area contributed by atoms with E-state index in [1.54, 1.807) is 43.3 Å². The van der Waals surface area contributed by atoms with E-state index in [2.05, 4.69) is 15.6 Å². The number of ether oxygens (including phenoxy) is 1. The van der Waals surface area contributed by atoms with Gasteiger partial charge in [-0.25, -0.2) is 9.79 Å². The van der Waals surface area contributed by atoms with Crippen molar-refractivity contribution in [1.29, 1.82) is 0 Å². The number of carbonyl (C=O) groups is 3. The maximum Gasteiger partial charge on any atom is 0.338 e. The Kier molecular flexibility index (Phi) is 6.50. The molecule has 2 aromatic rings. The van der Waals surface area contributed by atoms with Crippen LogP contribution in [0.4, 0.5) is 11.4 Å². The molecule has 8 nitrogen and oxygen atoms in total. The second-order valence-electron chi connectivity index (χ2n) is 6.08. The van der Waals surface area contributed by atoms with E-state index in [9.17, 15) is 19.5 Å². The lowest BCUT2D eigenvalue weighted by Crippen LogP contribution is -2.28. The van der Waals surface area contributed by atoms with Gasteiger partial charge in [0.05, 0.1) is 17.9 Å². The van der Waals surface area contributed by atoms with Crippen LogP contribution in [0.2, 0.25) is 0 Å². The molecule has 1 saturated heterocycles. The minimum Gasteiger partial charge on any atom is -0.508 e. The first-order chi connectivity index (χ1) is 13.9. The lowest BCUT2D eigenvalue weighted by atomic mass is 10.2. The predicted molar refractivity (Wildman–Crippen MR) is 110 cm³/mol. The Morgan fingerprint density at radius 3 is 2.52 bits per heavy atom. The molecular weight excluding hydrogens is 394 g/mol. The number of esters is 1. The zero-order chi connectivity index (χ0) is 20.8. The Bertz CT molecular complexity index is 942. The van der Waals surface area contributed by atoms with Gasteiger partial charge in [-0.1, -0.05) is 11.8 Å². The van der Waals surface area contributed by atoms with Crippen molar-refractivity contribution in [3.63, 3.8) is 0 Å². The van der Waals surface area contributed by atoms with Crippen LogP contribution in [0.25, 0.3) is 0 Å². The monoisotopic (exact) mass is 413 g/mol. The van der Waals surface area contributed by atoms with Crippen LogP contribution in [0, 0.1) is 0 Å². The van der Waals surface area contributed by atoms with Crippen LogP contribution in [-0.2, 0) is 14.3 Å². The molecule has 29 heavy (non-hydrogen) atoms. The number of nitrogens with zero attached hydrogens (tertiary/aromatic N) is 1. The fraction of sp³-hybridized carbons (Fsp3) is 0.200. The summed E-state index contributed by atoms with van der Waals surface area (Å²) in [5, 5.41) is 14.5. The van der Waals surface area contributed by atoms with Gasteiger partial charge in [0.1, 0.15) is 11.0 Å². The number of aliphatic imine (C=N–C) groups is 1. The van der Waals surface area contributed by atoms with Gasteiger partial charge in [0.2, 0.25) is 11.8 Å². The largest absolute Gasteiger partial charge is 0.508 e. The second-order valence-corrected chi connectivity index (χ2v) is 7.27. The molecule has 0 aliphatic carbocycles. The number of aromatic hydroxyl groups is 1. The van der Waals surface area contributed by atoms with Crippen LogP contribution in [0.1, 0.15) is 23.7 Å². The van der Waals surface area contributed by atoms with Crippen LogP contribution in [0.3, 0.4) is 0 Å². The molecule has 9 heteroatoms. The van der Waals surface area contributed by atoms with E-state index in [1.807, 2.05) is 0 Å². The molecule has 0 unspecified atom stereocenters. The van der Waals surface area contributed by atoms with Gasteiger partial charge < -0.3 is 20.5 Å². The number of benzene rings is 2. The first-order valence-electron chi connectivity index (χ1n) is 8.87. The smallest absolute Gasteiger partial charge is 0.338 e. The fourth-order valence-corrected chi connectivity index (χ4v) is 3.51. The lowest BCUT2D eigenvalue weighted by molar-refractivity contribution is -0.122. The summed E-state index contributed by atoms with van der Waals surface area (Å²) in [7, 11) is 0. The first-order valence-corrected chi connectivity index (χ1v) is 9.75. The minimum atomic E-state index is -0.593. The van der Waals surface area contributed by atoms with Gasteiger partial charge in [0, 0.05) is 12.1 Å². The molecule has 3 rings (SSSR count). The third-order valence-corrected chi connectivity index (χ3v) is 4.99. The van der Waals surface area contributed by atoms with Crippen molar-refractivity contribution in [2.75, 3.05) is 11.9 Å². The molecule has 1 aliphatic heterocycles. The highest BCUT2D eigenvalue weighted by Crippen LogP contribution is 2.26. The van der Waals surface area contributed by atoms with Crippen molar-refractivity contribution in [3.05, 3.63) is 54.1 Å². The van der Waals surface area contributed by atoms with Gasteiger partial charge in [-0.15, -0.1) is 0 Å². The fourth-order valence-electron chi connectivity index (χ4n) is 2.52. The first kappa shape index (κ1) is 20.4. The molecule has 3 N–H and O–H groups in total. The van der Waals surface area contributed by atoms with E-state index >= 15 is 0 Å². The molecule has 1 fully saturated rings. The summed E-state index contributed by atoms with van der Waals surface area (Å²) in [6.45, 7) is 2.01. The number of amidine groups is 1. The standard InChI is InChI=1S/C20H19N3O5S/c1-2-28-19(27)12-3-5-13(6-4-12)21-17(25)11-16-18(26)23-20(29-16)22-14-7-9-15(24)10-8-14/h3-10,16,24H,2,11H2,1H3,(H,21,25)(H,22,23,26)/t16-/m1/s1. The quantitative estimate of drug-likeness (QED) is 0.627. The van der Waals surface area contributed by atoms with Crippen LogP contribution >= 0.6 is 11.8 Å². The summed E-state index contributed by atoms with van der Waals surface area (Å²) in [4.78, 5) is 40.3. The molecule has 0 bridgehead atoms. The van der Waals surface area contributed by atoms with Crippen molar-refractivity contribution in [2.24, 2.45) is 4.99 Å². The number of nitrogens with one attached hydrogen (secondary N) is 2. The topological polar surface area (TPSA) is 117 Å². The third kappa shape index (κ3) is 5.58. The zero-order valence-corrected chi connectivity index (χ0v) is 16.4. The molecule has 2 amide bonds. The predicted octanol–water partition coefficient (Wildman–Crippen LogP) is 2.82. The summed E-state index contributed by atoms with van der Waals surface area (Å²) in [6, 6.07) is 12.6. The molecule has 150 valence electrons. The highest BCUT2D eigenvalue weighted by atomic mass is 32.2. The minimum absolute atomic E-state index is 0.0231. The van der Waals surface area contributed by atoms with Crippen LogP contribution in [0.15, 0.2) is 53.5 Å². The van der Waals surface area contributed by atoms with Crippen molar-refractivity contribution in [1.82, 2.24) is 5.32 Å². The Morgan fingerprint density at radius 1 is 1.17 bits per heavy atom. The number of phenols is 1. The molecular formula is C20H19N3O5S. The number of hydrogen-bond acceptors (Lipinski definition) is 7.